The maximum atomic E-state index is 4.24. The molecule has 0 unspecified atom stereocenters. The van der Waals surface area contributed by atoms with Crippen molar-refractivity contribution >= 4 is 46.9 Å². The fourth-order valence-electron chi connectivity index (χ4n) is 2.32. The summed E-state index contributed by atoms with van der Waals surface area (Å²) in [6.07, 6.45) is 3.84. The zero-order valence-electron chi connectivity index (χ0n) is 13.5. The van der Waals surface area contributed by atoms with Crippen molar-refractivity contribution in [1.82, 2.24) is 25.2 Å². The first-order valence-electron chi connectivity index (χ1n) is 7.62. The third-order valence-electron chi connectivity index (χ3n) is 3.49. The topological polar surface area (TPSA) is 66.6 Å². The van der Waals surface area contributed by atoms with Crippen LogP contribution < -0.4 is 10.6 Å². The molecule has 0 saturated heterocycles. The predicted octanol–water partition coefficient (Wildman–Crippen LogP) is 2.71. The van der Waals surface area contributed by atoms with Gasteiger partial charge in [-0.05, 0) is 30.0 Å². The van der Waals surface area contributed by atoms with Crippen LogP contribution in [0.2, 0.25) is 0 Å². The number of hydrogen-bond acceptors (Lipinski definition) is 4. The zero-order valence-corrected chi connectivity index (χ0v) is 16.6. The Hall–Kier alpha value is -1.68. The Morgan fingerprint density at radius 3 is 2.92 bits per heavy atom. The molecular formula is C16H21IN6S. The van der Waals surface area contributed by atoms with Crippen LogP contribution in [0.3, 0.4) is 0 Å². The van der Waals surface area contributed by atoms with E-state index in [9.17, 15) is 0 Å². The molecular weight excluding hydrogens is 435 g/mol. The minimum absolute atomic E-state index is 0. The largest absolute Gasteiger partial charge is 0.356 e. The number of pyridine rings is 1. The molecule has 24 heavy (non-hydrogen) atoms. The highest BCUT2D eigenvalue weighted by Crippen LogP contribution is 2.07. The van der Waals surface area contributed by atoms with Crippen LogP contribution in [0.15, 0.2) is 46.9 Å². The number of nitrogens with one attached hydrogen (secondary N) is 2. The van der Waals surface area contributed by atoms with E-state index in [0.29, 0.717) is 0 Å². The van der Waals surface area contributed by atoms with Crippen LogP contribution in [0.1, 0.15) is 17.1 Å². The fourth-order valence-corrected chi connectivity index (χ4v) is 2.96. The molecule has 3 aromatic heterocycles. The van der Waals surface area contributed by atoms with Crippen LogP contribution in [0, 0.1) is 0 Å². The lowest BCUT2D eigenvalue weighted by Gasteiger charge is -2.10. The minimum Gasteiger partial charge on any atom is -0.356 e. The Morgan fingerprint density at radius 1 is 1.21 bits per heavy atom. The molecule has 0 spiro atoms. The molecule has 0 bridgehead atoms. The Morgan fingerprint density at radius 2 is 2.12 bits per heavy atom. The van der Waals surface area contributed by atoms with Gasteiger partial charge in [0.25, 0.3) is 0 Å². The summed E-state index contributed by atoms with van der Waals surface area (Å²) in [5, 5.41) is 17.1. The molecule has 0 aliphatic carbocycles. The van der Waals surface area contributed by atoms with Gasteiger partial charge in [-0.3, -0.25) is 9.39 Å². The molecule has 6 nitrogen and oxygen atoms in total. The van der Waals surface area contributed by atoms with E-state index in [2.05, 4.69) is 43.3 Å². The Labute approximate surface area is 162 Å². The van der Waals surface area contributed by atoms with Crippen LogP contribution in [0.25, 0.3) is 5.65 Å². The second-order valence-electron chi connectivity index (χ2n) is 5.08. The average molecular weight is 456 g/mol. The summed E-state index contributed by atoms with van der Waals surface area (Å²) < 4.78 is 2.03. The molecule has 0 aliphatic rings. The second kappa shape index (κ2) is 9.58. The number of rotatable bonds is 6. The maximum absolute atomic E-state index is 4.24. The first-order valence-corrected chi connectivity index (χ1v) is 8.50. The molecule has 0 aromatic carbocycles. The van der Waals surface area contributed by atoms with Crippen molar-refractivity contribution in [3.8, 4) is 0 Å². The van der Waals surface area contributed by atoms with Crippen LogP contribution in [0.5, 0.6) is 0 Å². The van der Waals surface area contributed by atoms with Crippen molar-refractivity contribution in [1.29, 1.82) is 0 Å². The standard InChI is InChI=1S/C16H20N6S.HI/c1-17-16(19-12-13-6-5-11-23-13)18-9-4-8-15-21-20-14-7-2-3-10-22(14)15;/h2-3,5-7,10-11H,4,8-9,12H2,1H3,(H2,17,18,19);1H. The van der Waals surface area contributed by atoms with Gasteiger partial charge in [-0.25, -0.2) is 0 Å². The van der Waals surface area contributed by atoms with E-state index in [1.807, 2.05) is 28.8 Å². The van der Waals surface area contributed by atoms with Crippen molar-refractivity contribution in [3.63, 3.8) is 0 Å². The van der Waals surface area contributed by atoms with E-state index >= 15 is 0 Å². The fraction of sp³-hybridized carbons (Fsp3) is 0.312. The van der Waals surface area contributed by atoms with Gasteiger partial charge in [0.15, 0.2) is 11.6 Å². The third kappa shape index (κ3) is 4.91. The highest BCUT2D eigenvalue weighted by molar-refractivity contribution is 14.0. The van der Waals surface area contributed by atoms with Gasteiger partial charge in [0.2, 0.25) is 0 Å². The van der Waals surface area contributed by atoms with Crippen molar-refractivity contribution in [2.75, 3.05) is 13.6 Å². The molecule has 0 radical (unpaired) electrons. The van der Waals surface area contributed by atoms with Gasteiger partial charge in [0.1, 0.15) is 5.82 Å². The number of halogens is 1. The van der Waals surface area contributed by atoms with Crippen molar-refractivity contribution < 1.29 is 0 Å². The highest BCUT2D eigenvalue weighted by Gasteiger charge is 2.04. The van der Waals surface area contributed by atoms with Gasteiger partial charge >= 0.3 is 0 Å². The SMILES string of the molecule is CN=C(NCCCc1nnc2ccccn12)NCc1cccs1.I. The lowest BCUT2D eigenvalue weighted by Crippen LogP contribution is -2.37. The monoisotopic (exact) mass is 456 g/mol. The Balaban J connectivity index is 0.00000208. The minimum atomic E-state index is 0. The number of guanidine groups is 1. The number of hydrogen-bond donors (Lipinski definition) is 2. The van der Waals surface area contributed by atoms with Gasteiger partial charge in [-0.15, -0.1) is 45.5 Å². The highest BCUT2D eigenvalue weighted by atomic mass is 127. The number of fused-ring (bicyclic) bond motifs is 1. The van der Waals surface area contributed by atoms with Crippen molar-refractivity contribution in [2.24, 2.45) is 4.99 Å². The predicted molar refractivity (Wildman–Crippen MR) is 109 cm³/mol. The number of aryl methyl sites for hydroxylation is 1. The Kier molecular flexibility index (Phi) is 7.44. The molecule has 0 saturated carbocycles. The summed E-state index contributed by atoms with van der Waals surface area (Å²) in [6, 6.07) is 10.1. The summed E-state index contributed by atoms with van der Waals surface area (Å²) in [4.78, 5) is 5.53. The van der Waals surface area contributed by atoms with E-state index < -0.39 is 0 Å². The summed E-state index contributed by atoms with van der Waals surface area (Å²) in [6.45, 7) is 1.64. The normalized spacial score (nSPS) is 11.3. The maximum Gasteiger partial charge on any atom is 0.191 e. The lowest BCUT2D eigenvalue weighted by atomic mass is 10.3. The number of aliphatic imine (C=N–C) groups is 1. The molecule has 0 fully saturated rings. The number of thiophene rings is 1. The zero-order chi connectivity index (χ0) is 15.9. The van der Waals surface area contributed by atoms with E-state index in [1.54, 1.807) is 18.4 Å². The third-order valence-corrected chi connectivity index (χ3v) is 4.36. The molecule has 3 aromatic rings. The lowest BCUT2D eigenvalue weighted by molar-refractivity contribution is 0.715. The molecule has 0 aliphatic heterocycles. The molecule has 0 amide bonds. The van der Waals surface area contributed by atoms with Crippen LogP contribution in [-0.2, 0) is 13.0 Å². The Bertz CT molecular complexity index is 768. The van der Waals surface area contributed by atoms with Crippen LogP contribution in [0.4, 0.5) is 0 Å². The van der Waals surface area contributed by atoms with Crippen LogP contribution >= 0.6 is 35.3 Å². The first kappa shape index (κ1) is 18.7. The van der Waals surface area contributed by atoms with E-state index in [4.69, 9.17) is 0 Å². The van der Waals surface area contributed by atoms with E-state index in [0.717, 1.165) is 43.4 Å². The molecule has 128 valence electrons. The number of nitrogens with zero attached hydrogens (tertiary/aromatic N) is 4. The molecule has 0 atom stereocenters. The first-order chi connectivity index (χ1) is 11.4. The molecule has 3 heterocycles. The van der Waals surface area contributed by atoms with Crippen molar-refractivity contribution in [3.05, 3.63) is 52.6 Å². The van der Waals surface area contributed by atoms with E-state index in [-0.39, 0.29) is 24.0 Å². The smallest absolute Gasteiger partial charge is 0.191 e. The summed E-state index contributed by atoms with van der Waals surface area (Å²) >= 11 is 1.74. The summed E-state index contributed by atoms with van der Waals surface area (Å²) in [7, 11) is 1.79. The molecule has 3 rings (SSSR count). The van der Waals surface area contributed by atoms with Gasteiger partial charge in [-0.2, -0.15) is 0 Å². The molecule has 8 heteroatoms. The van der Waals surface area contributed by atoms with Gasteiger partial charge in [-0.1, -0.05) is 12.1 Å². The quantitative estimate of drug-likeness (QED) is 0.259. The second-order valence-corrected chi connectivity index (χ2v) is 6.11. The molecule has 2 N–H and O–H groups in total. The summed E-state index contributed by atoms with van der Waals surface area (Å²) in [5.74, 6) is 1.81. The van der Waals surface area contributed by atoms with Gasteiger partial charge in [0, 0.05) is 31.1 Å². The number of aromatic nitrogens is 3. The average Bonchev–Trinajstić information content (AvgIpc) is 3.24. The van der Waals surface area contributed by atoms with Gasteiger partial charge in [0.05, 0.1) is 6.54 Å². The van der Waals surface area contributed by atoms with Crippen LogP contribution in [-0.4, -0.2) is 34.2 Å². The van der Waals surface area contributed by atoms with E-state index in [1.165, 1.54) is 4.88 Å². The summed E-state index contributed by atoms with van der Waals surface area (Å²) in [5.41, 5.74) is 0.892. The van der Waals surface area contributed by atoms with Gasteiger partial charge < -0.3 is 10.6 Å². The van der Waals surface area contributed by atoms with Crippen molar-refractivity contribution in [2.45, 2.75) is 19.4 Å².